The van der Waals surface area contributed by atoms with E-state index in [0.29, 0.717) is 23.0 Å². The molecule has 0 aliphatic rings. The van der Waals surface area contributed by atoms with E-state index < -0.39 is 0 Å². The Balaban J connectivity index is 3.09. The van der Waals surface area contributed by atoms with Gasteiger partial charge in [0.1, 0.15) is 0 Å². The van der Waals surface area contributed by atoms with Gasteiger partial charge in [0.05, 0.1) is 12.5 Å². The van der Waals surface area contributed by atoms with Gasteiger partial charge in [-0.2, -0.15) is 0 Å². The molecule has 0 fully saturated rings. The van der Waals surface area contributed by atoms with Crippen molar-refractivity contribution in [2.45, 2.75) is 0 Å². The molecule has 0 aliphatic carbocycles. The van der Waals surface area contributed by atoms with Crippen molar-refractivity contribution < 1.29 is 13.9 Å². The van der Waals surface area contributed by atoms with Gasteiger partial charge in [0.2, 0.25) is 0 Å². The highest BCUT2D eigenvalue weighted by atomic mass is 16.5. The van der Waals surface area contributed by atoms with Crippen molar-refractivity contribution in [2.24, 2.45) is 0 Å². The van der Waals surface area contributed by atoms with Crippen molar-refractivity contribution in [3.8, 4) is 0 Å². The van der Waals surface area contributed by atoms with Gasteiger partial charge in [-0.15, -0.1) is 0 Å². The van der Waals surface area contributed by atoms with Crippen LogP contribution in [0.3, 0.4) is 0 Å². The maximum Gasteiger partial charge on any atom is 0.170 e. The van der Waals surface area contributed by atoms with E-state index in [4.69, 9.17) is 13.9 Å². The van der Waals surface area contributed by atoms with Gasteiger partial charge < -0.3 is 13.9 Å². The summed E-state index contributed by atoms with van der Waals surface area (Å²) in [6.07, 6.45) is 9.19. The third-order valence-corrected chi connectivity index (χ3v) is 2.05. The molecular formula is C16H16O3. The number of hydrogen-bond donors (Lipinski definition) is 0. The number of ether oxygens (including phenoxy) is 2. The van der Waals surface area contributed by atoms with Gasteiger partial charge in [0.25, 0.3) is 0 Å². The average Bonchev–Trinajstić information content (AvgIpc) is 2.87. The van der Waals surface area contributed by atoms with E-state index in [9.17, 15) is 0 Å². The Morgan fingerprint density at radius 3 is 1.58 bits per heavy atom. The number of hydrogen-bond acceptors (Lipinski definition) is 3. The predicted octanol–water partition coefficient (Wildman–Crippen LogP) is 4.65. The third-order valence-electron chi connectivity index (χ3n) is 2.05. The maximum absolute atomic E-state index is 5.64. The standard InChI is InChI=1S/C16H16O3/c1-5-9-13(17-7-3)15-11-12-16(19-15)14(10-6-2)18-8-4/h5-12H,1-4H2/b13-9-,14-10-. The van der Waals surface area contributed by atoms with Crippen LogP contribution in [0.5, 0.6) is 0 Å². The molecule has 0 amide bonds. The van der Waals surface area contributed by atoms with Crippen LogP contribution < -0.4 is 0 Å². The molecule has 0 atom stereocenters. The van der Waals surface area contributed by atoms with E-state index in [2.05, 4.69) is 26.3 Å². The summed E-state index contributed by atoms with van der Waals surface area (Å²) >= 11 is 0. The topological polar surface area (TPSA) is 31.6 Å². The summed E-state index contributed by atoms with van der Waals surface area (Å²) in [6.45, 7) is 14.2. The fourth-order valence-electron chi connectivity index (χ4n) is 1.36. The second kappa shape index (κ2) is 7.61. The summed E-state index contributed by atoms with van der Waals surface area (Å²) in [5, 5.41) is 0. The van der Waals surface area contributed by atoms with Gasteiger partial charge in [-0.05, 0) is 24.3 Å². The molecule has 98 valence electrons. The van der Waals surface area contributed by atoms with Crippen LogP contribution >= 0.6 is 0 Å². The maximum atomic E-state index is 5.64. The van der Waals surface area contributed by atoms with E-state index in [-0.39, 0.29) is 0 Å². The molecule has 0 aliphatic heterocycles. The zero-order chi connectivity index (χ0) is 14.1. The van der Waals surface area contributed by atoms with Gasteiger partial charge in [0.15, 0.2) is 23.0 Å². The van der Waals surface area contributed by atoms with Crippen molar-refractivity contribution in [3.63, 3.8) is 0 Å². The van der Waals surface area contributed by atoms with Crippen LogP contribution in [0.1, 0.15) is 11.5 Å². The predicted molar refractivity (Wildman–Crippen MR) is 77.6 cm³/mol. The lowest BCUT2D eigenvalue weighted by Gasteiger charge is -2.03. The normalized spacial score (nSPS) is 11.6. The summed E-state index contributed by atoms with van der Waals surface area (Å²) < 4.78 is 16.1. The Labute approximate surface area is 113 Å². The molecule has 1 aromatic heterocycles. The Morgan fingerprint density at radius 2 is 1.26 bits per heavy atom. The van der Waals surface area contributed by atoms with Gasteiger partial charge >= 0.3 is 0 Å². The second-order valence-electron chi connectivity index (χ2n) is 3.27. The Bertz CT molecular complexity index is 483. The lowest BCUT2D eigenvalue weighted by molar-refractivity contribution is 0.387. The van der Waals surface area contributed by atoms with E-state index in [1.807, 2.05) is 0 Å². The number of furan rings is 1. The third kappa shape index (κ3) is 3.92. The van der Waals surface area contributed by atoms with Crippen LogP contribution in [0, 0.1) is 0 Å². The quantitative estimate of drug-likeness (QED) is 0.501. The minimum atomic E-state index is 0.507. The van der Waals surface area contributed by atoms with Crippen LogP contribution in [0.15, 0.2) is 79.7 Å². The first-order valence-corrected chi connectivity index (χ1v) is 5.58. The van der Waals surface area contributed by atoms with Crippen LogP contribution in [-0.2, 0) is 9.47 Å². The van der Waals surface area contributed by atoms with Crippen molar-refractivity contribution >= 4 is 11.5 Å². The van der Waals surface area contributed by atoms with Crippen LogP contribution in [-0.4, -0.2) is 0 Å². The first-order valence-electron chi connectivity index (χ1n) is 5.58. The van der Waals surface area contributed by atoms with E-state index in [1.54, 1.807) is 36.4 Å². The molecule has 0 saturated heterocycles. The molecule has 0 spiro atoms. The Morgan fingerprint density at radius 1 is 0.842 bits per heavy atom. The zero-order valence-corrected chi connectivity index (χ0v) is 10.7. The van der Waals surface area contributed by atoms with E-state index in [0.717, 1.165) is 0 Å². The van der Waals surface area contributed by atoms with Crippen LogP contribution in [0.4, 0.5) is 0 Å². The molecule has 0 unspecified atom stereocenters. The molecule has 0 radical (unpaired) electrons. The largest absolute Gasteiger partial charge is 0.462 e. The van der Waals surface area contributed by atoms with Gasteiger partial charge in [-0.1, -0.05) is 38.5 Å². The smallest absolute Gasteiger partial charge is 0.170 e. The second-order valence-corrected chi connectivity index (χ2v) is 3.27. The van der Waals surface area contributed by atoms with Crippen molar-refractivity contribution in [1.29, 1.82) is 0 Å². The molecule has 1 aromatic rings. The highest BCUT2D eigenvalue weighted by molar-refractivity contribution is 5.62. The molecule has 0 bridgehead atoms. The van der Waals surface area contributed by atoms with Gasteiger partial charge in [0, 0.05) is 0 Å². The van der Waals surface area contributed by atoms with Crippen molar-refractivity contribution in [3.05, 3.63) is 86.8 Å². The minimum Gasteiger partial charge on any atom is -0.462 e. The molecule has 0 aromatic carbocycles. The SMILES string of the molecule is C=C/C=C(\OC=C)c1ccc(/C(=C/C=C)OC=C)o1. The molecule has 0 saturated carbocycles. The van der Waals surface area contributed by atoms with Crippen molar-refractivity contribution in [2.75, 3.05) is 0 Å². The molecule has 19 heavy (non-hydrogen) atoms. The average molecular weight is 256 g/mol. The summed E-state index contributed by atoms with van der Waals surface area (Å²) in [4.78, 5) is 0. The highest BCUT2D eigenvalue weighted by Gasteiger charge is 2.11. The van der Waals surface area contributed by atoms with Crippen LogP contribution in [0.25, 0.3) is 11.5 Å². The number of rotatable bonds is 8. The lowest BCUT2D eigenvalue weighted by atomic mass is 10.3. The highest BCUT2D eigenvalue weighted by Crippen LogP contribution is 2.24. The van der Waals surface area contributed by atoms with Crippen LogP contribution in [0.2, 0.25) is 0 Å². The Kier molecular flexibility index (Phi) is 5.76. The molecular weight excluding hydrogens is 240 g/mol. The van der Waals surface area contributed by atoms with E-state index in [1.165, 1.54) is 12.5 Å². The zero-order valence-electron chi connectivity index (χ0n) is 10.7. The Hall–Kier alpha value is -2.68. The fraction of sp³-hybridized carbons (Fsp3) is 0. The lowest BCUT2D eigenvalue weighted by Crippen LogP contribution is -1.84. The number of allylic oxidation sites excluding steroid dienone is 4. The first kappa shape index (κ1) is 14.4. The monoisotopic (exact) mass is 256 g/mol. The van der Waals surface area contributed by atoms with E-state index >= 15 is 0 Å². The summed E-state index contributed by atoms with van der Waals surface area (Å²) in [5.41, 5.74) is 0. The molecule has 3 nitrogen and oxygen atoms in total. The fourth-order valence-corrected chi connectivity index (χ4v) is 1.36. The van der Waals surface area contributed by atoms with Gasteiger partial charge in [-0.3, -0.25) is 0 Å². The summed E-state index contributed by atoms with van der Waals surface area (Å²) in [6, 6.07) is 3.52. The molecule has 1 rings (SSSR count). The molecule has 1 heterocycles. The molecule has 0 N–H and O–H groups in total. The minimum absolute atomic E-state index is 0.507. The van der Waals surface area contributed by atoms with Gasteiger partial charge in [-0.25, -0.2) is 0 Å². The first-order chi connectivity index (χ1) is 9.26. The molecule has 3 heteroatoms. The van der Waals surface area contributed by atoms with Crippen molar-refractivity contribution in [1.82, 2.24) is 0 Å². The summed E-state index contributed by atoms with van der Waals surface area (Å²) in [5.74, 6) is 2.09. The summed E-state index contributed by atoms with van der Waals surface area (Å²) in [7, 11) is 0.